The van der Waals surface area contributed by atoms with Gasteiger partial charge in [0.1, 0.15) is 12.4 Å². The van der Waals surface area contributed by atoms with Crippen molar-refractivity contribution in [1.29, 1.82) is 0 Å². The number of carbonyl (C=O) groups excluding carboxylic acids is 1. The minimum absolute atomic E-state index is 0.0474. The molecule has 0 saturated carbocycles. The SMILES string of the molecule is CCOc1cc(C=CC(=O)c2ccccc2)ccc1OCc1cc([N+](=O)[O-])cc2c1OCOC2. The van der Waals surface area contributed by atoms with E-state index in [2.05, 4.69) is 0 Å². The molecule has 0 unspecified atom stereocenters. The third-order valence-corrected chi connectivity index (χ3v) is 5.12. The summed E-state index contributed by atoms with van der Waals surface area (Å²) >= 11 is 0. The molecule has 174 valence electrons. The Morgan fingerprint density at radius 2 is 1.91 bits per heavy atom. The van der Waals surface area contributed by atoms with Gasteiger partial charge in [-0.15, -0.1) is 0 Å². The fourth-order valence-electron chi connectivity index (χ4n) is 3.54. The molecular formula is C26H23NO7. The number of ether oxygens (including phenoxy) is 4. The molecular weight excluding hydrogens is 438 g/mol. The van der Waals surface area contributed by atoms with Gasteiger partial charge in [-0.25, -0.2) is 0 Å². The summed E-state index contributed by atoms with van der Waals surface area (Å²) in [5.41, 5.74) is 2.48. The van der Waals surface area contributed by atoms with Crippen molar-refractivity contribution >= 4 is 17.5 Å². The summed E-state index contributed by atoms with van der Waals surface area (Å²) in [6.07, 6.45) is 3.22. The first kappa shape index (κ1) is 23.0. The van der Waals surface area contributed by atoms with Gasteiger partial charge in [-0.2, -0.15) is 0 Å². The number of nitro benzene ring substituents is 1. The summed E-state index contributed by atoms with van der Waals surface area (Å²) in [6.45, 7) is 2.63. The number of rotatable bonds is 9. The largest absolute Gasteiger partial charge is 0.490 e. The van der Waals surface area contributed by atoms with Crippen molar-refractivity contribution < 1.29 is 28.7 Å². The van der Waals surface area contributed by atoms with Gasteiger partial charge in [-0.1, -0.05) is 42.5 Å². The van der Waals surface area contributed by atoms with Crippen LogP contribution in [-0.2, 0) is 18.0 Å². The first-order valence-corrected chi connectivity index (χ1v) is 10.7. The molecule has 34 heavy (non-hydrogen) atoms. The van der Waals surface area contributed by atoms with Crippen LogP contribution in [-0.4, -0.2) is 24.1 Å². The molecule has 0 bridgehead atoms. The maximum Gasteiger partial charge on any atom is 0.270 e. The Balaban J connectivity index is 1.54. The van der Waals surface area contributed by atoms with Crippen molar-refractivity contribution in [2.45, 2.75) is 20.1 Å². The lowest BCUT2D eigenvalue weighted by atomic mass is 10.1. The average molecular weight is 461 g/mol. The molecule has 3 aromatic rings. The molecule has 0 aromatic heterocycles. The predicted molar refractivity (Wildman–Crippen MR) is 125 cm³/mol. The lowest BCUT2D eigenvalue weighted by Crippen LogP contribution is -2.14. The Morgan fingerprint density at radius 1 is 1.09 bits per heavy atom. The number of carbonyl (C=O) groups is 1. The molecule has 1 aliphatic rings. The lowest BCUT2D eigenvalue weighted by Gasteiger charge is -2.21. The van der Waals surface area contributed by atoms with Crippen molar-refractivity contribution in [3.8, 4) is 17.2 Å². The third-order valence-electron chi connectivity index (χ3n) is 5.12. The van der Waals surface area contributed by atoms with Gasteiger partial charge in [-0.05, 0) is 30.7 Å². The van der Waals surface area contributed by atoms with E-state index in [-0.39, 0.29) is 31.5 Å². The molecule has 1 aliphatic heterocycles. The molecule has 0 radical (unpaired) electrons. The molecule has 0 saturated heterocycles. The van der Waals surface area contributed by atoms with Crippen LogP contribution in [0.4, 0.5) is 5.69 Å². The highest BCUT2D eigenvalue weighted by Gasteiger charge is 2.21. The highest BCUT2D eigenvalue weighted by Crippen LogP contribution is 2.35. The van der Waals surface area contributed by atoms with Gasteiger partial charge in [0.15, 0.2) is 24.1 Å². The highest BCUT2D eigenvalue weighted by molar-refractivity contribution is 6.06. The Morgan fingerprint density at radius 3 is 2.68 bits per heavy atom. The normalized spacial score (nSPS) is 12.6. The average Bonchev–Trinajstić information content (AvgIpc) is 2.87. The minimum Gasteiger partial charge on any atom is -0.490 e. The zero-order valence-electron chi connectivity index (χ0n) is 18.6. The molecule has 3 aromatic carbocycles. The van der Waals surface area contributed by atoms with E-state index in [0.717, 1.165) is 5.56 Å². The molecule has 0 N–H and O–H groups in total. The molecule has 1 heterocycles. The summed E-state index contributed by atoms with van der Waals surface area (Å²) in [5.74, 6) is 1.41. The molecule has 0 amide bonds. The van der Waals surface area contributed by atoms with Gasteiger partial charge in [0.25, 0.3) is 5.69 Å². The number of hydrogen-bond donors (Lipinski definition) is 0. The molecule has 8 nitrogen and oxygen atoms in total. The van der Waals surface area contributed by atoms with E-state index in [1.807, 2.05) is 25.1 Å². The molecule has 0 aliphatic carbocycles. The number of hydrogen-bond acceptors (Lipinski definition) is 7. The van der Waals surface area contributed by atoms with Crippen molar-refractivity contribution in [3.63, 3.8) is 0 Å². The van der Waals surface area contributed by atoms with Crippen LogP contribution in [0.2, 0.25) is 0 Å². The van der Waals surface area contributed by atoms with Crippen LogP contribution in [0.15, 0.2) is 66.7 Å². The van der Waals surface area contributed by atoms with E-state index >= 15 is 0 Å². The Bertz CT molecular complexity index is 1220. The number of ketones is 1. The Hall–Kier alpha value is -4.17. The van der Waals surface area contributed by atoms with E-state index in [0.29, 0.717) is 40.5 Å². The first-order chi connectivity index (χ1) is 16.5. The maximum absolute atomic E-state index is 12.3. The van der Waals surface area contributed by atoms with Crippen LogP contribution in [0.25, 0.3) is 6.08 Å². The summed E-state index contributed by atoms with van der Waals surface area (Å²) in [7, 11) is 0. The van der Waals surface area contributed by atoms with Gasteiger partial charge < -0.3 is 18.9 Å². The summed E-state index contributed by atoms with van der Waals surface area (Å²) < 4.78 is 22.5. The molecule has 8 heteroatoms. The summed E-state index contributed by atoms with van der Waals surface area (Å²) in [5, 5.41) is 11.3. The fraction of sp³-hybridized carbons (Fsp3) is 0.192. The zero-order valence-corrected chi connectivity index (χ0v) is 18.6. The van der Waals surface area contributed by atoms with Crippen LogP contribution >= 0.6 is 0 Å². The first-order valence-electron chi connectivity index (χ1n) is 10.7. The smallest absolute Gasteiger partial charge is 0.270 e. The zero-order chi connectivity index (χ0) is 23.9. The number of nitro groups is 1. The van der Waals surface area contributed by atoms with Gasteiger partial charge in [0, 0.05) is 28.8 Å². The van der Waals surface area contributed by atoms with Crippen LogP contribution in [0, 0.1) is 10.1 Å². The second kappa shape index (κ2) is 10.6. The Labute approximate surface area is 196 Å². The molecule has 0 fully saturated rings. The Kier molecular flexibility index (Phi) is 7.19. The lowest BCUT2D eigenvalue weighted by molar-refractivity contribution is -0.385. The van der Waals surface area contributed by atoms with E-state index in [4.69, 9.17) is 18.9 Å². The standard InChI is InChI=1S/C26H23NO7/c1-2-32-25-12-18(8-10-23(28)19-6-4-3-5-7-19)9-11-24(25)33-16-21-14-22(27(29)30)13-20-15-31-17-34-26(20)21/h3-14H,2,15-17H2,1H3. The number of nitrogens with zero attached hydrogens (tertiary/aromatic N) is 1. The number of non-ortho nitro benzene ring substituents is 1. The quantitative estimate of drug-likeness (QED) is 0.184. The fourth-order valence-corrected chi connectivity index (χ4v) is 3.54. The second-order valence-electron chi connectivity index (χ2n) is 7.45. The summed E-state index contributed by atoms with van der Waals surface area (Å²) in [6, 6.07) is 17.2. The molecule has 4 rings (SSSR count). The van der Waals surface area contributed by atoms with Crippen molar-refractivity contribution in [3.05, 3.63) is 99.1 Å². The topological polar surface area (TPSA) is 97.1 Å². The third kappa shape index (κ3) is 5.41. The number of allylic oxidation sites excluding steroid dienone is 1. The minimum atomic E-state index is -0.456. The number of benzene rings is 3. The van der Waals surface area contributed by atoms with Gasteiger partial charge >= 0.3 is 0 Å². The van der Waals surface area contributed by atoms with Crippen molar-refractivity contribution in [2.75, 3.05) is 13.4 Å². The van der Waals surface area contributed by atoms with Crippen LogP contribution in [0.5, 0.6) is 17.2 Å². The van der Waals surface area contributed by atoms with Gasteiger partial charge in [0.2, 0.25) is 0 Å². The van der Waals surface area contributed by atoms with Crippen LogP contribution in [0.3, 0.4) is 0 Å². The van der Waals surface area contributed by atoms with Crippen LogP contribution in [0.1, 0.15) is 34.0 Å². The van der Waals surface area contributed by atoms with E-state index in [1.165, 1.54) is 18.2 Å². The van der Waals surface area contributed by atoms with Crippen molar-refractivity contribution in [2.24, 2.45) is 0 Å². The monoisotopic (exact) mass is 461 g/mol. The molecule has 0 spiro atoms. The van der Waals surface area contributed by atoms with Gasteiger partial charge in [0.05, 0.1) is 18.1 Å². The van der Waals surface area contributed by atoms with Crippen LogP contribution < -0.4 is 14.2 Å². The highest BCUT2D eigenvalue weighted by atomic mass is 16.7. The number of fused-ring (bicyclic) bond motifs is 1. The maximum atomic E-state index is 12.3. The van der Waals surface area contributed by atoms with E-state index < -0.39 is 4.92 Å². The predicted octanol–water partition coefficient (Wildman–Crippen LogP) is 5.34. The van der Waals surface area contributed by atoms with Gasteiger partial charge in [-0.3, -0.25) is 14.9 Å². The van der Waals surface area contributed by atoms with Crippen molar-refractivity contribution in [1.82, 2.24) is 0 Å². The van der Waals surface area contributed by atoms with E-state index in [9.17, 15) is 14.9 Å². The second-order valence-corrected chi connectivity index (χ2v) is 7.45. The van der Waals surface area contributed by atoms with E-state index in [1.54, 1.807) is 36.4 Å². The summed E-state index contributed by atoms with van der Waals surface area (Å²) in [4.78, 5) is 23.2. The molecule has 0 atom stereocenters.